The molecule has 1 N–H and O–H groups in total. The predicted octanol–water partition coefficient (Wildman–Crippen LogP) is 6.04. The SMILES string of the molecule is COc1cc([C@@H]2C(C(=O)O[C@H]3C[C@@H]4CC[C@]3(C)C4(C)C)=C(C)NC3=C2C(=O)c2ccccc23)cc(OC)c1OC. The van der Waals surface area contributed by atoms with Crippen molar-refractivity contribution in [1.82, 2.24) is 5.32 Å². The molecule has 7 nitrogen and oxygen atoms in total. The van der Waals surface area contributed by atoms with Crippen molar-refractivity contribution in [3.8, 4) is 17.2 Å². The average molecular weight is 544 g/mol. The van der Waals surface area contributed by atoms with E-state index in [1.54, 1.807) is 21.3 Å². The summed E-state index contributed by atoms with van der Waals surface area (Å²) in [4.78, 5) is 28.2. The molecule has 1 aliphatic heterocycles. The Bertz CT molecular complexity index is 1480. The zero-order chi connectivity index (χ0) is 28.6. The number of allylic oxidation sites excluding steroid dienone is 2. The number of dihydropyridines is 1. The van der Waals surface area contributed by atoms with Crippen molar-refractivity contribution in [3.63, 3.8) is 0 Å². The number of fused-ring (bicyclic) bond motifs is 4. The van der Waals surface area contributed by atoms with Crippen molar-refractivity contribution in [1.29, 1.82) is 0 Å². The van der Waals surface area contributed by atoms with Crippen molar-refractivity contribution in [2.24, 2.45) is 16.7 Å². The van der Waals surface area contributed by atoms with Crippen LogP contribution in [0.2, 0.25) is 0 Å². The maximum atomic E-state index is 14.2. The molecule has 0 aromatic heterocycles. The highest BCUT2D eigenvalue weighted by molar-refractivity contribution is 6.23. The van der Waals surface area contributed by atoms with Crippen LogP contribution in [0.1, 0.15) is 74.4 Å². The van der Waals surface area contributed by atoms with Crippen molar-refractivity contribution in [2.45, 2.75) is 59.0 Å². The van der Waals surface area contributed by atoms with Crippen LogP contribution in [0.3, 0.4) is 0 Å². The smallest absolute Gasteiger partial charge is 0.337 e. The molecule has 0 radical (unpaired) electrons. The minimum absolute atomic E-state index is 0.0875. The molecule has 3 aliphatic carbocycles. The van der Waals surface area contributed by atoms with E-state index in [1.165, 1.54) is 0 Å². The first-order valence-corrected chi connectivity index (χ1v) is 13.9. The van der Waals surface area contributed by atoms with Crippen LogP contribution in [0.4, 0.5) is 0 Å². The van der Waals surface area contributed by atoms with Crippen molar-refractivity contribution in [3.05, 3.63) is 69.9 Å². The first-order valence-electron chi connectivity index (χ1n) is 13.9. The van der Waals surface area contributed by atoms with Crippen LogP contribution in [0.25, 0.3) is 5.70 Å². The number of carbonyl (C=O) groups is 2. The molecule has 2 aromatic rings. The average Bonchev–Trinajstić information content (AvgIpc) is 3.43. The topological polar surface area (TPSA) is 83.1 Å². The van der Waals surface area contributed by atoms with E-state index >= 15 is 0 Å². The van der Waals surface area contributed by atoms with Crippen molar-refractivity contribution >= 4 is 17.4 Å². The number of hydrogen-bond acceptors (Lipinski definition) is 7. The Labute approximate surface area is 235 Å². The summed E-state index contributed by atoms with van der Waals surface area (Å²) in [6, 6.07) is 11.2. The number of esters is 1. The molecule has 2 fully saturated rings. The summed E-state index contributed by atoms with van der Waals surface area (Å²) in [6.07, 6.45) is 2.89. The largest absolute Gasteiger partial charge is 0.493 e. The van der Waals surface area contributed by atoms with E-state index in [1.807, 2.05) is 43.3 Å². The lowest BCUT2D eigenvalue weighted by Crippen LogP contribution is -2.39. The lowest BCUT2D eigenvalue weighted by molar-refractivity contribution is -0.152. The van der Waals surface area contributed by atoms with Gasteiger partial charge in [-0.25, -0.2) is 4.79 Å². The molecule has 0 unspecified atom stereocenters. The van der Waals surface area contributed by atoms with Crippen LogP contribution in [0.5, 0.6) is 17.2 Å². The number of hydrogen-bond donors (Lipinski definition) is 1. The van der Waals surface area contributed by atoms with Crippen molar-refractivity contribution in [2.75, 3.05) is 21.3 Å². The lowest BCUT2D eigenvalue weighted by atomic mass is 9.70. The number of methoxy groups -OCH3 is 3. The summed E-state index contributed by atoms with van der Waals surface area (Å²) in [6.45, 7) is 8.74. The Morgan fingerprint density at radius 3 is 2.17 bits per heavy atom. The Morgan fingerprint density at radius 2 is 1.62 bits per heavy atom. The number of ether oxygens (including phenoxy) is 4. The molecule has 4 atom stereocenters. The van der Waals surface area contributed by atoms with Gasteiger partial charge in [0.2, 0.25) is 5.75 Å². The summed E-state index contributed by atoms with van der Waals surface area (Å²) >= 11 is 0. The van der Waals surface area contributed by atoms with E-state index < -0.39 is 11.9 Å². The second-order valence-electron chi connectivity index (χ2n) is 12.2. The number of ketones is 1. The Kier molecular flexibility index (Phi) is 6.06. The summed E-state index contributed by atoms with van der Waals surface area (Å²) < 4.78 is 23.3. The predicted molar refractivity (Wildman–Crippen MR) is 151 cm³/mol. The second-order valence-corrected chi connectivity index (χ2v) is 12.2. The van der Waals surface area contributed by atoms with Crippen LogP contribution >= 0.6 is 0 Å². The van der Waals surface area contributed by atoms with Gasteiger partial charge in [-0.3, -0.25) is 4.79 Å². The van der Waals surface area contributed by atoms with E-state index in [2.05, 4.69) is 26.1 Å². The minimum Gasteiger partial charge on any atom is -0.493 e. The monoisotopic (exact) mass is 543 g/mol. The van der Waals surface area contributed by atoms with Gasteiger partial charge in [0.05, 0.1) is 32.6 Å². The third-order valence-corrected chi connectivity index (χ3v) is 10.5. The zero-order valence-electron chi connectivity index (χ0n) is 24.3. The van der Waals surface area contributed by atoms with E-state index in [9.17, 15) is 9.59 Å². The van der Waals surface area contributed by atoms with Crippen LogP contribution in [0, 0.1) is 16.7 Å². The maximum absolute atomic E-state index is 14.2. The van der Waals surface area contributed by atoms with Gasteiger partial charge in [0, 0.05) is 33.7 Å². The molecule has 6 rings (SSSR count). The summed E-state index contributed by atoms with van der Waals surface area (Å²) in [5.74, 6) is 0.690. The van der Waals surface area contributed by atoms with E-state index in [0.29, 0.717) is 51.1 Å². The second kappa shape index (κ2) is 9.15. The van der Waals surface area contributed by atoms with Gasteiger partial charge in [-0.15, -0.1) is 0 Å². The fourth-order valence-corrected chi connectivity index (χ4v) is 7.70. The molecule has 2 aromatic carbocycles. The van der Waals surface area contributed by atoms with E-state index in [-0.39, 0.29) is 22.7 Å². The highest BCUT2D eigenvalue weighted by Gasteiger charge is 2.63. The van der Waals surface area contributed by atoms with Crippen LogP contribution in [-0.4, -0.2) is 39.2 Å². The molecule has 1 heterocycles. The fourth-order valence-electron chi connectivity index (χ4n) is 7.70. The van der Waals surface area contributed by atoms with Crippen LogP contribution in [-0.2, 0) is 9.53 Å². The number of benzene rings is 2. The summed E-state index contributed by atoms with van der Waals surface area (Å²) in [5.41, 5.74) is 4.48. The normalized spacial score (nSPS) is 27.8. The Balaban J connectivity index is 1.48. The van der Waals surface area contributed by atoms with Gasteiger partial charge in [-0.05, 0) is 55.2 Å². The number of carbonyl (C=O) groups excluding carboxylic acids is 2. The lowest BCUT2D eigenvalue weighted by Gasteiger charge is -2.39. The first-order chi connectivity index (χ1) is 19.1. The van der Waals surface area contributed by atoms with Gasteiger partial charge < -0.3 is 24.3 Å². The summed E-state index contributed by atoms with van der Waals surface area (Å²) in [5, 5.41) is 3.41. The molecular formula is C33H37NO6. The molecule has 2 bridgehead atoms. The molecule has 0 amide bonds. The maximum Gasteiger partial charge on any atom is 0.337 e. The fraction of sp³-hybridized carbons (Fsp3) is 0.455. The van der Waals surface area contributed by atoms with Gasteiger partial charge >= 0.3 is 5.97 Å². The number of rotatable bonds is 6. The zero-order valence-corrected chi connectivity index (χ0v) is 24.3. The molecule has 210 valence electrons. The molecule has 2 saturated carbocycles. The minimum atomic E-state index is -0.684. The van der Waals surface area contributed by atoms with Gasteiger partial charge in [-0.2, -0.15) is 0 Å². The van der Waals surface area contributed by atoms with Gasteiger partial charge in [0.15, 0.2) is 17.3 Å². The quantitative estimate of drug-likeness (QED) is 0.445. The van der Waals surface area contributed by atoms with Gasteiger partial charge in [0.25, 0.3) is 0 Å². The van der Waals surface area contributed by atoms with Crippen LogP contribution in [0.15, 0.2) is 53.2 Å². The van der Waals surface area contributed by atoms with Crippen molar-refractivity contribution < 1.29 is 28.5 Å². The number of Topliss-reactive ketones (excluding diaryl/α,β-unsaturated/α-hetero) is 1. The number of nitrogens with one attached hydrogen (secondary N) is 1. The molecule has 7 heteroatoms. The van der Waals surface area contributed by atoms with E-state index in [0.717, 1.165) is 30.5 Å². The third-order valence-electron chi connectivity index (χ3n) is 10.5. The molecule has 4 aliphatic rings. The Hall–Kier alpha value is -3.74. The highest BCUT2D eigenvalue weighted by Crippen LogP contribution is 2.66. The van der Waals surface area contributed by atoms with E-state index in [4.69, 9.17) is 18.9 Å². The standard InChI is InChI=1S/C33H37NO6/c1-17-25(31(36)40-24-16-19-12-13-33(24,4)32(19,2)3)26(18-14-22(37-5)30(39-7)23(15-18)38-6)27-28(34-17)20-10-8-9-11-21(20)29(27)35/h8-11,14-15,19,24,26,34H,12-13,16H2,1-7H3/t19-,24-,26+,33-/m0/s1. The Morgan fingerprint density at radius 1 is 0.975 bits per heavy atom. The first kappa shape index (κ1) is 26.5. The molecule has 40 heavy (non-hydrogen) atoms. The highest BCUT2D eigenvalue weighted by atomic mass is 16.5. The van der Waals surface area contributed by atoms with Gasteiger partial charge in [0.1, 0.15) is 6.10 Å². The summed E-state index contributed by atoms with van der Waals surface area (Å²) in [7, 11) is 4.66. The molecule has 0 spiro atoms. The van der Waals surface area contributed by atoms with Gasteiger partial charge in [-0.1, -0.05) is 45.0 Å². The third kappa shape index (κ3) is 3.49. The molecule has 0 saturated heterocycles. The van der Waals surface area contributed by atoms with Crippen LogP contribution < -0.4 is 19.5 Å². The molecular weight excluding hydrogens is 506 g/mol.